The molecule has 2 amide bonds. The van der Waals surface area contributed by atoms with E-state index in [9.17, 15) is 4.79 Å². The van der Waals surface area contributed by atoms with Gasteiger partial charge < -0.3 is 16.0 Å². The summed E-state index contributed by atoms with van der Waals surface area (Å²) in [4.78, 5) is 20.9. The van der Waals surface area contributed by atoms with Crippen LogP contribution >= 0.6 is 11.6 Å². The molecule has 0 saturated heterocycles. The van der Waals surface area contributed by atoms with Crippen LogP contribution in [0.25, 0.3) is 5.82 Å². The van der Waals surface area contributed by atoms with Crippen molar-refractivity contribution in [3.63, 3.8) is 0 Å². The van der Waals surface area contributed by atoms with Gasteiger partial charge in [-0.1, -0.05) is 17.7 Å². The summed E-state index contributed by atoms with van der Waals surface area (Å²) in [6, 6.07) is 8.98. The van der Waals surface area contributed by atoms with Crippen molar-refractivity contribution >= 4 is 29.1 Å². The van der Waals surface area contributed by atoms with Gasteiger partial charge in [0.2, 0.25) is 0 Å². The monoisotopic (exact) mass is 413 g/mol. The number of aryl methyl sites for hydroxylation is 4. The molecule has 0 bridgehead atoms. The Balaban J connectivity index is 1.54. The lowest BCUT2D eigenvalue weighted by Gasteiger charge is -2.11. The van der Waals surface area contributed by atoms with E-state index < -0.39 is 0 Å². The van der Waals surface area contributed by atoms with Crippen molar-refractivity contribution in [2.75, 3.05) is 23.7 Å². The molecule has 0 radical (unpaired) electrons. The third-order valence-corrected chi connectivity index (χ3v) is 4.45. The number of amides is 2. The van der Waals surface area contributed by atoms with Gasteiger partial charge in [-0.25, -0.2) is 19.4 Å². The normalized spacial score (nSPS) is 10.7. The molecule has 9 heteroatoms. The van der Waals surface area contributed by atoms with E-state index in [0.717, 1.165) is 17.0 Å². The van der Waals surface area contributed by atoms with Crippen molar-refractivity contribution in [1.29, 1.82) is 0 Å². The van der Waals surface area contributed by atoms with Crippen LogP contribution < -0.4 is 16.0 Å². The van der Waals surface area contributed by atoms with Crippen LogP contribution in [-0.2, 0) is 0 Å². The van der Waals surface area contributed by atoms with Gasteiger partial charge in [0.25, 0.3) is 0 Å². The minimum absolute atomic E-state index is 0.320. The number of carbonyl (C=O) groups is 1. The number of rotatable bonds is 6. The van der Waals surface area contributed by atoms with Gasteiger partial charge >= 0.3 is 6.03 Å². The second-order valence-corrected chi connectivity index (χ2v) is 7.20. The quantitative estimate of drug-likeness (QED) is 0.534. The molecule has 1 aromatic carbocycles. The van der Waals surface area contributed by atoms with Crippen LogP contribution in [0, 0.1) is 27.7 Å². The number of benzene rings is 1. The lowest BCUT2D eigenvalue weighted by atomic mass is 10.2. The summed E-state index contributed by atoms with van der Waals surface area (Å²) in [6.45, 7) is 8.61. The van der Waals surface area contributed by atoms with E-state index in [0.29, 0.717) is 41.3 Å². The summed E-state index contributed by atoms with van der Waals surface area (Å²) in [7, 11) is 0. The first-order valence-electron chi connectivity index (χ1n) is 9.26. The van der Waals surface area contributed by atoms with Crippen molar-refractivity contribution in [3.05, 3.63) is 58.1 Å². The highest BCUT2D eigenvalue weighted by Gasteiger charge is 2.09. The molecule has 8 nitrogen and oxygen atoms in total. The molecule has 3 N–H and O–H groups in total. The maximum atomic E-state index is 12.0. The molecule has 0 atom stereocenters. The summed E-state index contributed by atoms with van der Waals surface area (Å²) < 4.78 is 1.78. The Morgan fingerprint density at radius 3 is 2.55 bits per heavy atom. The van der Waals surface area contributed by atoms with Gasteiger partial charge in [0.15, 0.2) is 5.82 Å². The molecule has 0 aliphatic heterocycles. The highest BCUT2D eigenvalue weighted by atomic mass is 35.5. The topological polar surface area (TPSA) is 96.8 Å². The predicted octanol–water partition coefficient (Wildman–Crippen LogP) is 3.78. The molecule has 29 heavy (non-hydrogen) atoms. The van der Waals surface area contributed by atoms with Crippen LogP contribution in [0.1, 0.15) is 22.8 Å². The maximum absolute atomic E-state index is 12.0. The Bertz CT molecular complexity index is 1030. The smallest absolute Gasteiger partial charge is 0.319 e. The third kappa shape index (κ3) is 5.45. The summed E-state index contributed by atoms with van der Waals surface area (Å²) in [6.07, 6.45) is 0. The minimum Gasteiger partial charge on any atom is -0.368 e. The molecule has 0 aliphatic rings. The first-order chi connectivity index (χ1) is 13.8. The molecule has 3 aromatic rings. The van der Waals surface area contributed by atoms with Crippen LogP contribution in [0.5, 0.6) is 0 Å². The first kappa shape index (κ1) is 20.6. The number of hydrogen-bond acceptors (Lipinski definition) is 5. The van der Waals surface area contributed by atoms with Crippen molar-refractivity contribution in [2.24, 2.45) is 0 Å². The fourth-order valence-electron chi connectivity index (χ4n) is 2.87. The fourth-order valence-corrected chi connectivity index (χ4v) is 3.15. The third-order valence-electron chi connectivity index (χ3n) is 4.14. The first-order valence-corrected chi connectivity index (χ1v) is 9.64. The van der Waals surface area contributed by atoms with Crippen molar-refractivity contribution in [3.8, 4) is 5.82 Å². The average Bonchev–Trinajstić information content (AvgIpc) is 2.99. The average molecular weight is 414 g/mol. The highest BCUT2D eigenvalue weighted by molar-refractivity contribution is 6.33. The standard InChI is InChI=1S/C20H24ClN7O/c1-12-5-6-17(16(21)9-12)26-20(29)23-8-7-22-18-11-19(25-15(4)24-18)28-14(3)10-13(2)27-28/h5-6,9-11H,7-8H2,1-4H3,(H,22,24,25)(H2,23,26,29). The number of nitrogens with one attached hydrogen (secondary N) is 3. The summed E-state index contributed by atoms with van der Waals surface area (Å²) in [5.74, 6) is 2.01. The Kier molecular flexibility index (Phi) is 6.33. The van der Waals surface area contributed by atoms with Gasteiger partial charge in [0.1, 0.15) is 11.6 Å². The number of urea groups is 1. The van der Waals surface area contributed by atoms with E-state index in [1.807, 2.05) is 45.9 Å². The van der Waals surface area contributed by atoms with Gasteiger partial charge in [0.05, 0.1) is 16.4 Å². The summed E-state index contributed by atoms with van der Waals surface area (Å²) in [5, 5.41) is 13.7. The number of carbonyl (C=O) groups excluding carboxylic acids is 1. The molecule has 0 unspecified atom stereocenters. The Hall–Kier alpha value is -3.13. The van der Waals surface area contributed by atoms with Gasteiger partial charge in [-0.15, -0.1) is 0 Å². The van der Waals surface area contributed by atoms with Crippen LogP contribution in [0.2, 0.25) is 5.02 Å². The van der Waals surface area contributed by atoms with Crippen LogP contribution in [-0.4, -0.2) is 38.9 Å². The molecule has 2 heterocycles. The Morgan fingerprint density at radius 2 is 1.86 bits per heavy atom. The second-order valence-electron chi connectivity index (χ2n) is 6.79. The van der Waals surface area contributed by atoms with Crippen molar-refractivity contribution in [1.82, 2.24) is 25.1 Å². The lowest BCUT2D eigenvalue weighted by molar-refractivity contribution is 0.252. The van der Waals surface area contributed by atoms with Crippen molar-refractivity contribution < 1.29 is 4.79 Å². The van der Waals surface area contributed by atoms with Gasteiger partial charge in [-0.3, -0.25) is 0 Å². The van der Waals surface area contributed by atoms with Crippen molar-refractivity contribution in [2.45, 2.75) is 27.7 Å². The van der Waals surface area contributed by atoms with E-state index in [4.69, 9.17) is 11.6 Å². The zero-order valence-electron chi connectivity index (χ0n) is 16.9. The van der Waals surface area contributed by atoms with E-state index in [1.165, 1.54) is 0 Å². The zero-order valence-corrected chi connectivity index (χ0v) is 17.6. The second kappa shape index (κ2) is 8.91. The highest BCUT2D eigenvalue weighted by Crippen LogP contribution is 2.22. The molecule has 0 saturated carbocycles. The molecule has 0 fully saturated rings. The number of anilines is 2. The molecule has 0 spiro atoms. The summed E-state index contributed by atoms with van der Waals surface area (Å²) in [5.41, 5.74) is 3.53. The van der Waals surface area contributed by atoms with Gasteiger partial charge in [-0.2, -0.15) is 5.10 Å². The van der Waals surface area contributed by atoms with E-state index in [2.05, 4.69) is 31.0 Å². The number of aromatic nitrogens is 4. The lowest BCUT2D eigenvalue weighted by Crippen LogP contribution is -2.32. The largest absolute Gasteiger partial charge is 0.368 e. The number of hydrogen-bond donors (Lipinski definition) is 3. The maximum Gasteiger partial charge on any atom is 0.319 e. The van der Waals surface area contributed by atoms with Crippen LogP contribution in [0.15, 0.2) is 30.3 Å². The molecular weight excluding hydrogens is 390 g/mol. The fraction of sp³-hybridized carbons (Fsp3) is 0.300. The predicted molar refractivity (Wildman–Crippen MR) is 115 cm³/mol. The molecule has 152 valence electrons. The minimum atomic E-state index is -0.320. The van der Waals surface area contributed by atoms with E-state index in [1.54, 1.807) is 16.8 Å². The number of halogens is 1. The van der Waals surface area contributed by atoms with Crippen LogP contribution in [0.3, 0.4) is 0 Å². The Labute approximate surface area is 174 Å². The zero-order chi connectivity index (χ0) is 21.0. The number of nitrogens with zero attached hydrogens (tertiary/aromatic N) is 4. The molecule has 0 aliphatic carbocycles. The summed E-state index contributed by atoms with van der Waals surface area (Å²) >= 11 is 6.13. The van der Waals surface area contributed by atoms with Gasteiger partial charge in [-0.05, 0) is 51.5 Å². The van der Waals surface area contributed by atoms with Gasteiger partial charge in [0, 0.05) is 24.8 Å². The SMILES string of the molecule is Cc1ccc(NC(=O)NCCNc2cc(-n3nc(C)cc3C)nc(C)n2)c(Cl)c1. The van der Waals surface area contributed by atoms with E-state index in [-0.39, 0.29) is 6.03 Å². The van der Waals surface area contributed by atoms with E-state index >= 15 is 0 Å². The Morgan fingerprint density at radius 1 is 1.07 bits per heavy atom. The molecule has 2 aromatic heterocycles. The molecular formula is C20H24ClN7O. The van der Waals surface area contributed by atoms with Crippen LogP contribution in [0.4, 0.5) is 16.3 Å². The molecule has 3 rings (SSSR count).